The minimum atomic E-state index is -0.377. The van der Waals surface area contributed by atoms with Gasteiger partial charge in [-0.2, -0.15) is 0 Å². The molecular weight excluding hydrogens is 316 g/mol. The third-order valence-corrected chi connectivity index (χ3v) is 5.16. The minimum absolute atomic E-state index is 0.0903. The molecule has 136 valence electrons. The van der Waals surface area contributed by atoms with Crippen molar-refractivity contribution >= 4 is 12.0 Å². The number of nitrogens with zero attached hydrogens (tertiary/aromatic N) is 2. The molecule has 3 unspecified atom stereocenters. The van der Waals surface area contributed by atoms with Crippen molar-refractivity contribution in [3.05, 3.63) is 35.9 Å². The maximum Gasteiger partial charge on any atom is 0.410 e. The van der Waals surface area contributed by atoms with Gasteiger partial charge in [-0.15, -0.1) is 0 Å². The third-order valence-electron chi connectivity index (χ3n) is 5.16. The van der Waals surface area contributed by atoms with E-state index < -0.39 is 0 Å². The predicted octanol–water partition coefficient (Wildman–Crippen LogP) is 3.29. The maximum absolute atomic E-state index is 13.0. The highest BCUT2D eigenvalue weighted by atomic mass is 16.6. The van der Waals surface area contributed by atoms with Crippen LogP contribution in [0.15, 0.2) is 30.3 Å². The highest BCUT2D eigenvalue weighted by Crippen LogP contribution is 2.26. The average Bonchev–Trinajstić information content (AvgIpc) is 3.09. The van der Waals surface area contributed by atoms with Gasteiger partial charge in [0.15, 0.2) is 0 Å². The fourth-order valence-electron chi connectivity index (χ4n) is 4.10. The SMILES string of the molecule is CC1CC(C)CN(C(=O)C2CCCN2C(=O)OCc2ccccc2)C1. The molecule has 2 saturated heterocycles. The second-order valence-corrected chi connectivity index (χ2v) is 7.58. The van der Waals surface area contributed by atoms with Gasteiger partial charge in [0.25, 0.3) is 0 Å². The zero-order chi connectivity index (χ0) is 17.8. The van der Waals surface area contributed by atoms with Crippen LogP contribution in [0.2, 0.25) is 0 Å². The molecular formula is C20H28N2O3. The van der Waals surface area contributed by atoms with Gasteiger partial charge in [-0.05, 0) is 36.7 Å². The van der Waals surface area contributed by atoms with Crippen molar-refractivity contribution in [2.75, 3.05) is 19.6 Å². The minimum Gasteiger partial charge on any atom is -0.445 e. The Morgan fingerprint density at radius 3 is 2.48 bits per heavy atom. The molecule has 2 heterocycles. The van der Waals surface area contributed by atoms with E-state index in [0.717, 1.165) is 37.9 Å². The molecule has 2 aliphatic rings. The molecule has 0 N–H and O–H groups in total. The summed E-state index contributed by atoms with van der Waals surface area (Å²) in [6.45, 7) is 6.82. The Bertz CT molecular complexity index is 594. The smallest absolute Gasteiger partial charge is 0.410 e. The van der Waals surface area contributed by atoms with E-state index in [9.17, 15) is 9.59 Å². The van der Waals surface area contributed by atoms with Gasteiger partial charge in [0, 0.05) is 19.6 Å². The van der Waals surface area contributed by atoms with Crippen molar-refractivity contribution in [1.29, 1.82) is 0 Å². The van der Waals surface area contributed by atoms with E-state index in [2.05, 4.69) is 13.8 Å². The number of likely N-dealkylation sites (tertiary alicyclic amines) is 2. The molecule has 1 aromatic carbocycles. The highest BCUT2D eigenvalue weighted by molar-refractivity contribution is 5.86. The fourth-order valence-corrected chi connectivity index (χ4v) is 4.10. The van der Waals surface area contributed by atoms with Crippen LogP contribution in [0.5, 0.6) is 0 Å². The van der Waals surface area contributed by atoms with Crippen LogP contribution >= 0.6 is 0 Å². The lowest BCUT2D eigenvalue weighted by molar-refractivity contribution is -0.138. The highest BCUT2D eigenvalue weighted by Gasteiger charge is 2.39. The molecule has 3 atom stereocenters. The van der Waals surface area contributed by atoms with Gasteiger partial charge in [-0.3, -0.25) is 9.69 Å². The molecule has 5 nitrogen and oxygen atoms in total. The molecule has 5 heteroatoms. The van der Waals surface area contributed by atoms with Crippen molar-refractivity contribution in [3.8, 4) is 0 Å². The van der Waals surface area contributed by atoms with E-state index >= 15 is 0 Å². The van der Waals surface area contributed by atoms with Crippen molar-refractivity contribution < 1.29 is 14.3 Å². The molecule has 0 bridgehead atoms. The van der Waals surface area contributed by atoms with E-state index in [4.69, 9.17) is 4.74 Å². The lowest BCUT2D eigenvalue weighted by Crippen LogP contribution is -2.51. The second-order valence-electron chi connectivity index (χ2n) is 7.58. The van der Waals surface area contributed by atoms with E-state index in [0.29, 0.717) is 18.4 Å². The Morgan fingerprint density at radius 1 is 1.12 bits per heavy atom. The standard InChI is InChI=1S/C20H28N2O3/c1-15-11-16(2)13-21(12-15)19(23)18-9-6-10-22(18)20(24)25-14-17-7-4-3-5-8-17/h3-5,7-8,15-16,18H,6,9-14H2,1-2H3. The molecule has 3 rings (SSSR count). The molecule has 2 amide bonds. The normalized spacial score (nSPS) is 26.6. The summed E-state index contributed by atoms with van der Waals surface area (Å²) >= 11 is 0. The zero-order valence-corrected chi connectivity index (χ0v) is 15.2. The van der Waals surface area contributed by atoms with Crippen LogP contribution in [0.25, 0.3) is 0 Å². The van der Waals surface area contributed by atoms with E-state index in [1.165, 1.54) is 0 Å². The first-order valence-corrected chi connectivity index (χ1v) is 9.30. The predicted molar refractivity (Wildman–Crippen MR) is 95.9 cm³/mol. The molecule has 0 radical (unpaired) electrons. The van der Waals surface area contributed by atoms with E-state index in [1.807, 2.05) is 35.2 Å². The van der Waals surface area contributed by atoms with Gasteiger partial charge < -0.3 is 9.64 Å². The molecule has 0 spiro atoms. The van der Waals surface area contributed by atoms with Gasteiger partial charge in [0.05, 0.1) is 0 Å². The van der Waals surface area contributed by atoms with Crippen molar-refractivity contribution in [2.24, 2.45) is 11.8 Å². The summed E-state index contributed by atoms with van der Waals surface area (Å²) in [7, 11) is 0. The summed E-state index contributed by atoms with van der Waals surface area (Å²) in [4.78, 5) is 29.0. The number of benzene rings is 1. The van der Waals surface area contributed by atoms with Crippen LogP contribution in [0.1, 0.15) is 38.7 Å². The zero-order valence-electron chi connectivity index (χ0n) is 15.2. The third kappa shape index (κ3) is 4.33. The topological polar surface area (TPSA) is 49.9 Å². The Hall–Kier alpha value is -2.04. The Labute approximate surface area is 149 Å². The second kappa shape index (κ2) is 7.89. The summed E-state index contributed by atoms with van der Waals surface area (Å²) < 4.78 is 5.44. The van der Waals surface area contributed by atoms with Gasteiger partial charge in [0.1, 0.15) is 12.6 Å². The van der Waals surface area contributed by atoms with E-state index in [-0.39, 0.29) is 24.6 Å². The molecule has 0 aromatic heterocycles. The summed E-state index contributed by atoms with van der Waals surface area (Å²) in [5.74, 6) is 1.13. The van der Waals surface area contributed by atoms with Gasteiger partial charge in [-0.1, -0.05) is 44.2 Å². The van der Waals surface area contributed by atoms with Crippen molar-refractivity contribution in [3.63, 3.8) is 0 Å². The number of amides is 2. The van der Waals surface area contributed by atoms with Gasteiger partial charge >= 0.3 is 6.09 Å². The van der Waals surface area contributed by atoms with Crippen LogP contribution in [-0.2, 0) is 16.1 Å². The average molecular weight is 344 g/mol. The molecule has 0 saturated carbocycles. The monoisotopic (exact) mass is 344 g/mol. The largest absolute Gasteiger partial charge is 0.445 e. The van der Waals surface area contributed by atoms with Crippen molar-refractivity contribution in [1.82, 2.24) is 9.80 Å². The van der Waals surface area contributed by atoms with Gasteiger partial charge in [-0.25, -0.2) is 4.79 Å². The number of carbonyl (C=O) groups excluding carboxylic acids is 2. The molecule has 2 fully saturated rings. The first kappa shape index (κ1) is 17.8. The summed E-state index contributed by atoms with van der Waals surface area (Å²) in [6, 6.07) is 9.27. The number of piperidine rings is 1. The number of ether oxygens (including phenoxy) is 1. The Balaban J connectivity index is 1.59. The van der Waals surface area contributed by atoms with E-state index in [1.54, 1.807) is 4.90 Å². The number of hydrogen-bond acceptors (Lipinski definition) is 3. The lowest BCUT2D eigenvalue weighted by atomic mass is 9.91. The lowest BCUT2D eigenvalue weighted by Gasteiger charge is -2.37. The summed E-state index contributed by atoms with van der Waals surface area (Å²) in [6.07, 6.45) is 2.38. The van der Waals surface area contributed by atoms with Crippen LogP contribution < -0.4 is 0 Å². The number of hydrogen-bond donors (Lipinski definition) is 0. The van der Waals surface area contributed by atoms with Crippen LogP contribution in [0.3, 0.4) is 0 Å². The first-order chi connectivity index (χ1) is 12.0. The molecule has 1 aromatic rings. The molecule has 2 aliphatic heterocycles. The Kier molecular flexibility index (Phi) is 5.61. The Morgan fingerprint density at radius 2 is 1.80 bits per heavy atom. The molecule has 0 aliphatic carbocycles. The van der Waals surface area contributed by atoms with Crippen LogP contribution in [0.4, 0.5) is 4.79 Å². The van der Waals surface area contributed by atoms with Crippen LogP contribution in [-0.4, -0.2) is 47.5 Å². The summed E-state index contributed by atoms with van der Waals surface area (Å²) in [5, 5.41) is 0. The number of carbonyl (C=O) groups is 2. The van der Waals surface area contributed by atoms with Gasteiger partial charge in [0.2, 0.25) is 5.91 Å². The number of rotatable bonds is 3. The van der Waals surface area contributed by atoms with Crippen molar-refractivity contribution in [2.45, 2.75) is 45.8 Å². The quantitative estimate of drug-likeness (QED) is 0.845. The molecule has 25 heavy (non-hydrogen) atoms. The summed E-state index contributed by atoms with van der Waals surface area (Å²) in [5.41, 5.74) is 0.955. The maximum atomic E-state index is 13.0. The first-order valence-electron chi connectivity index (χ1n) is 9.30. The van der Waals surface area contributed by atoms with Crippen LogP contribution in [0, 0.1) is 11.8 Å². The fraction of sp³-hybridized carbons (Fsp3) is 0.600.